The number of carbonyl (C=O) groups is 1. The Morgan fingerprint density at radius 2 is 1.10 bits per heavy atom. The zero-order valence-corrected chi connectivity index (χ0v) is 28.5. The fourth-order valence-electron chi connectivity index (χ4n) is 6.99. The fourth-order valence-corrected chi connectivity index (χ4v) is 9.85. The molecule has 0 saturated carbocycles. The molecular weight excluding hydrogens is 607 g/mol. The topological polar surface area (TPSA) is 46.5 Å². The highest BCUT2D eigenvalue weighted by molar-refractivity contribution is 7.80. The maximum Gasteiger partial charge on any atom is 0.341 e. The van der Waals surface area contributed by atoms with Crippen LogP contribution in [-0.2, 0) is 4.79 Å². The third-order valence-electron chi connectivity index (χ3n) is 8.75. The normalized spacial score (nSPS) is 11.4. The molecule has 0 aromatic heterocycles. The van der Waals surface area contributed by atoms with Crippen LogP contribution in [0, 0.1) is 27.7 Å². The second-order valence-electron chi connectivity index (χ2n) is 12.6. The van der Waals surface area contributed by atoms with Crippen LogP contribution < -0.4 is 20.7 Å². The molecule has 0 aliphatic rings. The number of rotatable bonds is 8. The van der Waals surface area contributed by atoms with Crippen molar-refractivity contribution in [2.75, 3.05) is 6.61 Å². The molecule has 7 rings (SSSR count). The number of aryl methyl sites for hydroxylation is 4. The summed E-state index contributed by atoms with van der Waals surface area (Å²) in [7, 11) is -1.05. The van der Waals surface area contributed by atoms with Gasteiger partial charge in [0.15, 0.2) is 6.61 Å². The number of carboxylic acid groups (broad SMARTS) is 1. The minimum Gasteiger partial charge on any atom is -0.481 e. The first-order valence-electron chi connectivity index (χ1n) is 16.2. The molecule has 236 valence electrons. The van der Waals surface area contributed by atoms with Gasteiger partial charge in [0.25, 0.3) is 0 Å². The summed E-state index contributed by atoms with van der Waals surface area (Å²) in [6, 6.07) is 47.4. The van der Waals surface area contributed by atoms with Crippen molar-refractivity contribution in [3.05, 3.63) is 156 Å². The maximum atomic E-state index is 12.1. The van der Waals surface area contributed by atoms with Crippen molar-refractivity contribution in [2.24, 2.45) is 0 Å². The van der Waals surface area contributed by atoms with Gasteiger partial charge >= 0.3 is 5.97 Å². The van der Waals surface area contributed by atoms with Crippen LogP contribution in [0.2, 0.25) is 0 Å². The minimum absolute atomic E-state index is 0.450. The van der Waals surface area contributed by atoms with Gasteiger partial charge in [-0.1, -0.05) is 150 Å². The van der Waals surface area contributed by atoms with Gasteiger partial charge in [0.1, 0.15) is 5.75 Å². The SMILES string of the molecule is Cc1cc(C)cc(P(c2cc(C)cc(C)c2)c2ccc3ccccc3c2-c2c(OCC(=O)O)c(-c3ccccc3)cc3ccccc23)c1. The highest BCUT2D eigenvalue weighted by Gasteiger charge is 2.28. The van der Waals surface area contributed by atoms with Gasteiger partial charge in [-0.25, -0.2) is 4.79 Å². The molecule has 0 heterocycles. The van der Waals surface area contributed by atoms with E-state index in [1.54, 1.807) is 0 Å². The number of ether oxygens (including phenoxy) is 1. The van der Waals surface area contributed by atoms with Crippen molar-refractivity contribution in [2.45, 2.75) is 27.7 Å². The molecule has 0 fully saturated rings. The van der Waals surface area contributed by atoms with Gasteiger partial charge in [-0.2, -0.15) is 0 Å². The summed E-state index contributed by atoms with van der Waals surface area (Å²) < 4.78 is 6.43. The van der Waals surface area contributed by atoms with Gasteiger partial charge in [0.05, 0.1) is 0 Å². The Balaban J connectivity index is 1.67. The molecule has 4 heteroatoms. The summed E-state index contributed by atoms with van der Waals surface area (Å²) in [6.07, 6.45) is 0. The second-order valence-corrected chi connectivity index (χ2v) is 14.8. The largest absolute Gasteiger partial charge is 0.481 e. The molecule has 1 N–H and O–H groups in total. The molecule has 0 amide bonds. The van der Waals surface area contributed by atoms with E-state index >= 15 is 0 Å². The molecule has 7 aromatic carbocycles. The molecule has 0 aliphatic heterocycles. The molecule has 48 heavy (non-hydrogen) atoms. The van der Waals surface area contributed by atoms with Gasteiger partial charge < -0.3 is 9.84 Å². The third kappa shape index (κ3) is 6.10. The lowest BCUT2D eigenvalue weighted by Crippen LogP contribution is -2.24. The zero-order valence-electron chi connectivity index (χ0n) is 27.6. The van der Waals surface area contributed by atoms with E-state index in [4.69, 9.17) is 4.74 Å². The first kappa shape index (κ1) is 31.4. The lowest BCUT2D eigenvalue weighted by atomic mass is 9.89. The monoisotopic (exact) mass is 644 g/mol. The van der Waals surface area contributed by atoms with E-state index < -0.39 is 20.5 Å². The first-order valence-corrected chi connectivity index (χ1v) is 17.6. The molecule has 0 unspecified atom stereocenters. The van der Waals surface area contributed by atoms with E-state index in [0.717, 1.165) is 43.8 Å². The second kappa shape index (κ2) is 13.1. The van der Waals surface area contributed by atoms with Crippen molar-refractivity contribution >= 4 is 51.3 Å². The van der Waals surface area contributed by atoms with E-state index in [-0.39, 0.29) is 0 Å². The number of benzene rings is 7. The van der Waals surface area contributed by atoms with Crippen LogP contribution in [0.4, 0.5) is 0 Å². The quantitative estimate of drug-likeness (QED) is 0.168. The molecule has 0 spiro atoms. The number of hydrogen-bond donors (Lipinski definition) is 1. The predicted octanol–water partition coefficient (Wildman–Crippen LogP) is 9.78. The molecule has 7 aromatic rings. The summed E-state index contributed by atoms with van der Waals surface area (Å²) in [6.45, 7) is 8.22. The minimum atomic E-state index is -1.05. The van der Waals surface area contributed by atoms with E-state index in [9.17, 15) is 9.90 Å². The Hall–Kier alpha value is -5.24. The number of carboxylic acids is 1. The Kier molecular flexibility index (Phi) is 8.56. The lowest BCUT2D eigenvalue weighted by molar-refractivity contribution is -0.139. The van der Waals surface area contributed by atoms with Crippen molar-refractivity contribution in [3.8, 4) is 28.0 Å². The van der Waals surface area contributed by atoms with Gasteiger partial charge in [-0.15, -0.1) is 0 Å². The lowest BCUT2D eigenvalue weighted by Gasteiger charge is -2.27. The predicted molar refractivity (Wildman–Crippen MR) is 203 cm³/mol. The Bertz CT molecular complexity index is 2230. The zero-order chi connectivity index (χ0) is 33.4. The third-order valence-corrected chi connectivity index (χ3v) is 11.2. The van der Waals surface area contributed by atoms with E-state index in [0.29, 0.717) is 5.75 Å². The molecule has 0 saturated heterocycles. The van der Waals surface area contributed by atoms with Gasteiger partial charge in [-0.05, 0) is 84.7 Å². The van der Waals surface area contributed by atoms with E-state index in [1.165, 1.54) is 38.2 Å². The van der Waals surface area contributed by atoms with Gasteiger partial charge in [0.2, 0.25) is 0 Å². The first-order chi connectivity index (χ1) is 23.3. The summed E-state index contributed by atoms with van der Waals surface area (Å²) >= 11 is 0. The molecule has 0 radical (unpaired) electrons. The average molecular weight is 645 g/mol. The number of hydrogen-bond acceptors (Lipinski definition) is 2. The van der Waals surface area contributed by atoms with Crippen LogP contribution in [0.1, 0.15) is 22.3 Å². The van der Waals surface area contributed by atoms with Crippen LogP contribution in [-0.4, -0.2) is 17.7 Å². The van der Waals surface area contributed by atoms with Crippen molar-refractivity contribution in [1.82, 2.24) is 0 Å². The Morgan fingerprint density at radius 1 is 0.583 bits per heavy atom. The number of aliphatic carboxylic acids is 1. The molecule has 0 aliphatic carbocycles. The molecule has 3 nitrogen and oxygen atoms in total. The Morgan fingerprint density at radius 3 is 1.69 bits per heavy atom. The van der Waals surface area contributed by atoms with Crippen LogP contribution in [0.15, 0.2) is 133 Å². The number of fused-ring (bicyclic) bond motifs is 2. The maximum absolute atomic E-state index is 12.1. The molecule has 0 bridgehead atoms. The van der Waals surface area contributed by atoms with Crippen molar-refractivity contribution in [1.29, 1.82) is 0 Å². The highest BCUT2D eigenvalue weighted by atomic mass is 31.1. The van der Waals surface area contributed by atoms with Crippen molar-refractivity contribution < 1.29 is 14.6 Å². The van der Waals surface area contributed by atoms with E-state index in [1.807, 2.05) is 18.2 Å². The van der Waals surface area contributed by atoms with Crippen LogP contribution in [0.5, 0.6) is 5.75 Å². The van der Waals surface area contributed by atoms with Gasteiger partial charge in [0, 0.05) is 16.7 Å². The van der Waals surface area contributed by atoms with E-state index in [2.05, 4.69) is 143 Å². The summed E-state index contributed by atoms with van der Waals surface area (Å²) in [5.74, 6) is -0.435. The Labute approximate surface area is 283 Å². The smallest absolute Gasteiger partial charge is 0.341 e. The van der Waals surface area contributed by atoms with Gasteiger partial charge in [-0.3, -0.25) is 0 Å². The average Bonchev–Trinajstić information content (AvgIpc) is 3.06. The summed E-state index contributed by atoms with van der Waals surface area (Å²) in [5, 5.41) is 18.0. The van der Waals surface area contributed by atoms with Crippen LogP contribution >= 0.6 is 7.92 Å². The molecular formula is C44H37O3P. The van der Waals surface area contributed by atoms with Crippen molar-refractivity contribution in [3.63, 3.8) is 0 Å². The van der Waals surface area contributed by atoms with Crippen LogP contribution in [0.25, 0.3) is 43.8 Å². The molecule has 0 atom stereocenters. The fraction of sp³-hybridized carbons (Fsp3) is 0.114. The summed E-state index contributed by atoms with van der Waals surface area (Å²) in [4.78, 5) is 12.1. The summed E-state index contributed by atoms with van der Waals surface area (Å²) in [5.41, 5.74) is 8.74. The standard InChI is InChI=1S/C44H37O3P/c1-28-20-29(2)23-35(22-28)48(36-24-30(3)21-31(4)25-36)40-19-18-33-14-8-10-16-37(33)42(40)43-38-17-11-9-15-34(38)26-39(32-12-6-5-7-13-32)44(43)47-27-41(45)46/h5-26H,27H2,1-4H3,(H,45,46). The van der Waals surface area contributed by atoms with Crippen LogP contribution in [0.3, 0.4) is 0 Å². The highest BCUT2D eigenvalue weighted by Crippen LogP contribution is 2.49.